The van der Waals surface area contributed by atoms with Crippen LogP contribution in [-0.4, -0.2) is 170 Å². The van der Waals surface area contributed by atoms with Gasteiger partial charge in [-0.3, -0.25) is 4.79 Å². The number of carbonyl (C=O) groups is 1. The molecule has 0 bridgehead atoms. The molecule has 0 radical (unpaired) electrons. The van der Waals surface area contributed by atoms with Crippen LogP contribution in [-0.2, 0) is 19.0 Å². The largest absolute Gasteiger partial charge is 0.395 e. The van der Waals surface area contributed by atoms with Gasteiger partial charge in [-0.05, 0) is 6.42 Å². The molecular formula is C23H44N4O13. The third-order valence-corrected chi connectivity index (χ3v) is 7.77. The van der Waals surface area contributed by atoms with E-state index in [0.29, 0.717) is 0 Å². The van der Waals surface area contributed by atoms with E-state index in [0.717, 1.165) is 0 Å². The minimum atomic E-state index is -1.69. The van der Waals surface area contributed by atoms with Crippen molar-refractivity contribution >= 4 is 5.91 Å². The molecule has 15 N–H and O–H groups in total. The monoisotopic (exact) mass is 584 g/mol. The van der Waals surface area contributed by atoms with Gasteiger partial charge in [0.05, 0.1) is 43.7 Å². The molecule has 0 spiro atoms. The van der Waals surface area contributed by atoms with Gasteiger partial charge >= 0.3 is 0 Å². The molecule has 0 aromatic rings. The Labute approximate surface area is 230 Å². The molecule has 0 aromatic heterocycles. The van der Waals surface area contributed by atoms with Crippen molar-refractivity contribution in [2.24, 2.45) is 17.4 Å². The first kappa shape index (κ1) is 33.4. The number of nitrogens with one attached hydrogen (secondary N) is 2. The molecule has 15 atom stereocenters. The molecule has 2 saturated heterocycles. The van der Waals surface area contributed by atoms with Crippen molar-refractivity contribution in [1.82, 2.24) is 10.6 Å². The molecule has 3 fully saturated rings. The van der Waals surface area contributed by atoms with Crippen molar-refractivity contribution in [2.45, 2.75) is 98.4 Å². The van der Waals surface area contributed by atoms with Crippen LogP contribution in [0.2, 0.25) is 0 Å². The number of aliphatic hydroxyl groups excluding tert-OH is 9. The normalized spacial score (nSPS) is 45.2. The van der Waals surface area contributed by atoms with Gasteiger partial charge in [0.2, 0.25) is 5.91 Å². The minimum Gasteiger partial charge on any atom is -0.395 e. The van der Waals surface area contributed by atoms with E-state index < -0.39 is 110 Å². The van der Waals surface area contributed by atoms with E-state index in [1.807, 2.05) is 0 Å². The Bertz CT molecular complexity index is 802. The molecule has 2 heterocycles. The fourth-order valence-corrected chi connectivity index (χ4v) is 5.53. The van der Waals surface area contributed by atoms with Crippen LogP contribution in [0.3, 0.4) is 0 Å². The number of ether oxygens (including phenoxy) is 3. The maximum Gasteiger partial charge on any atom is 0.250 e. The van der Waals surface area contributed by atoms with Crippen LogP contribution in [0.25, 0.3) is 0 Å². The highest BCUT2D eigenvalue weighted by molar-refractivity contribution is 5.81. The number of aliphatic hydroxyl groups is 9. The number of amides is 1. The van der Waals surface area contributed by atoms with E-state index in [1.165, 1.54) is 0 Å². The molecule has 1 aliphatic carbocycles. The number of carbonyl (C=O) groups excluding carboxylic acids is 1. The Morgan fingerprint density at radius 2 is 1.65 bits per heavy atom. The molecule has 3 rings (SSSR count). The van der Waals surface area contributed by atoms with E-state index in [-0.39, 0.29) is 32.5 Å². The number of hydrogen-bond donors (Lipinski definition) is 13. The number of nitrogens with two attached hydrogens (primary N) is 2. The Kier molecular flexibility index (Phi) is 12.4. The SMILES string of the molecule is NC[C@H](O)C(=O)N[C@@H]1C[C@H](N)C([C@H]2O[C@H](CNCCO)[C@@H](O)[C@H](O)[C@H]2O)[C@H](O)[C@H]1O[C@H]1O[C@H](CO)[C@@H](O)C[C@H]1O. The van der Waals surface area contributed by atoms with Crippen LogP contribution in [0.5, 0.6) is 0 Å². The lowest BCUT2D eigenvalue weighted by molar-refractivity contribution is -0.306. The highest BCUT2D eigenvalue weighted by Gasteiger charge is 2.55. The van der Waals surface area contributed by atoms with Crippen LogP contribution < -0.4 is 22.1 Å². The van der Waals surface area contributed by atoms with Crippen LogP contribution in [0.1, 0.15) is 12.8 Å². The highest BCUT2D eigenvalue weighted by atomic mass is 16.7. The number of rotatable bonds is 11. The highest BCUT2D eigenvalue weighted by Crippen LogP contribution is 2.37. The third-order valence-electron chi connectivity index (χ3n) is 7.77. The van der Waals surface area contributed by atoms with Gasteiger partial charge in [-0.15, -0.1) is 0 Å². The molecule has 0 aromatic carbocycles. The van der Waals surface area contributed by atoms with Crippen molar-refractivity contribution in [3.05, 3.63) is 0 Å². The molecule has 1 amide bonds. The van der Waals surface area contributed by atoms with Crippen LogP contribution >= 0.6 is 0 Å². The predicted molar refractivity (Wildman–Crippen MR) is 133 cm³/mol. The Morgan fingerprint density at radius 1 is 0.950 bits per heavy atom. The quantitative estimate of drug-likeness (QED) is 0.100. The summed E-state index contributed by atoms with van der Waals surface area (Å²) in [4.78, 5) is 12.5. The Morgan fingerprint density at radius 3 is 2.27 bits per heavy atom. The van der Waals surface area contributed by atoms with Crippen molar-refractivity contribution < 1.29 is 65.0 Å². The van der Waals surface area contributed by atoms with E-state index in [9.17, 15) is 45.6 Å². The van der Waals surface area contributed by atoms with Crippen molar-refractivity contribution in [2.75, 3.05) is 32.8 Å². The van der Waals surface area contributed by atoms with E-state index in [4.69, 9.17) is 30.8 Å². The fraction of sp³-hybridized carbons (Fsp3) is 0.957. The summed E-state index contributed by atoms with van der Waals surface area (Å²) in [5, 5.41) is 97.6. The fourth-order valence-electron chi connectivity index (χ4n) is 5.53. The summed E-state index contributed by atoms with van der Waals surface area (Å²) >= 11 is 0. The zero-order valence-electron chi connectivity index (χ0n) is 21.9. The molecule has 40 heavy (non-hydrogen) atoms. The third kappa shape index (κ3) is 7.44. The summed E-state index contributed by atoms with van der Waals surface area (Å²) < 4.78 is 17.3. The predicted octanol–water partition coefficient (Wildman–Crippen LogP) is -7.85. The first-order valence-corrected chi connectivity index (χ1v) is 13.4. The molecule has 234 valence electrons. The first-order chi connectivity index (χ1) is 18.9. The lowest BCUT2D eigenvalue weighted by Crippen LogP contribution is -2.70. The standard InChI is InChI=1S/C23H44N4O13/c24-5-12(32)22(37)27-9-3-8(25)15(21-19(36)18(35)16(33)13(38-21)6-26-1-2-28)17(34)20(9)40-23-11(31)4-10(30)14(7-29)39-23/h8-21,23,26,28-36H,1-7,24-25H2,(H,27,37)/t8-,9+,10-,11+,12-,13+,14+,15?,16+,17-,18-,19+,20-,21+,23+/m0/s1. The van der Waals surface area contributed by atoms with Gasteiger partial charge in [0.1, 0.15) is 42.7 Å². The number of hydrogen-bond acceptors (Lipinski definition) is 16. The van der Waals surface area contributed by atoms with Crippen molar-refractivity contribution in [1.29, 1.82) is 0 Å². The van der Waals surface area contributed by atoms with Crippen molar-refractivity contribution in [3.63, 3.8) is 0 Å². The minimum absolute atomic E-state index is 0.0113. The summed E-state index contributed by atoms with van der Waals surface area (Å²) in [7, 11) is 0. The molecular weight excluding hydrogens is 540 g/mol. The lowest BCUT2D eigenvalue weighted by atomic mass is 9.72. The molecule has 3 aliphatic rings. The lowest BCUT2D eigenvalue weighted by Gasteiger charge is -2.51. The topological polar surface area (TPSA) is 303 Å². The maximum atomic E-state index is 12.5. The molecule has 1 unspecified atom stereocenters. The van der Waals surface area contributed by atoms with Crippen molar-refractivity contribution in [3.8, 4) is 0 Å². The van der Waals surface area contributed by atoms with E-state index in [1.54, 1.807) is 0 Å². The second-order valence-electron chi connectivity index (χ2n) is 10.6. The average molecular weight is 585 g/mol. The summed E-state index contributed by atoms with van der Waals surface area (Å²) in [5.74, 6) is -2.02. The summed E-state index contributed by atoms with van der Waals surface area (Å²) in [6.07, 6.45) is -17.3. The average Bonchev–Trinajstić information content (AvgIpc) is 2.92. The van der Waals surface area contributed by atoms with Crippen LogP contribution in [0.15, 0.2) is 0 Å². The Hall–Kier alpha value is -1.13. The second kappa shape index (κ2) is 14.9. The van der Waals surface area contributed by atoms with Crippen LogP contribution in [0.4, 0.5) is 0 Å². The molecule has 2 aliphatic heterocycles. The van der Waals surface area contributed by atoms with Gasteiger partial charge in [-0.2, -0.15) is 0 Å². The van der Waals surface area contributed by atoms with Gasteiger partial charge in [0, 0.05) is 38.0 Å². The Balaban J connectivity index is 1.87. The summed E-state index contributed by atoms with van der Waals surface area (Å²) in [5.41, 5.74) is 11.8. The van der Waals surface area contributed by atoms with Gasteiger partial charge in [0.25, 0.3) is 0 Å². The summed E-state index contributed by atoms with van der Waals surface area (Å²) in [6, 6.07) is -2.05. The van der Waals surface area contributed by atoms with Gasteiger partial charge in [-0.1, -0.05) is 0 Å². The van der Waals surface area contributed by atoms with Gasteiger partial charge in [0.15, 0.2) is 6.29 Å². The maximum absolute atomic E-state index is 12.5. The zero-order valence-corrected chi connectivity index (χ0v) is 21.9. The van der Waals surface area contributed by atoms with Gasteiger partial charge in [-0.25, -0.2) is 0 Å². The zero-order chi connectivity index (χ0) is 29.7. The van der Waals surface area contributed by atoms with Crippen LogP contribution in [0, 0.1) is 5.92 Å². The molecule has 1 saturated carbocycles. The molecule has 17 nitrogen and oxygen atoms in total. The molecule has 17 heteroatoms. The second-order valence-corrected chi connectivity index (χ2v) is 10.6. The van der Waals surface area contributed by atoms with Gasteiger partial charge < -0.3 is 82.3 Å². The van der Waals surface area contributed by atoms with E-state index in [2.05, 4.69) is 10.6 Å². The smallest absolute Gasteiger partial charge is 0.250 e. The summed E-state index contributed by atoms with van der Waals surface area (Å²) in [6.45, 7) is -1.03. The first-order valence-electron chi connectivity index (χ1n) is 13.4. The van der Waals surface area contributed by atoms with E-state index >= 15 is 0 Å².